The van der Waals surface area contributed by atoms with Crippen LogP contribution in [0.2, 0.25) is 10.0 Å². The highest BCUT2D eigenvalue weighted by atomic mass is 35.5. The van der Waals surface area contributed by atoms with Gasteiger partial charge in [-0.05, 0) is 41.9 Å². The molecule has 1 aliphatic heterocycles. The van der Waals surface area contributed by atoms with Gasteiger partial charge in [0.1, 0.15) is 4.90 Å². The summed E-state index contributed by atoms with van der Waals surface area (Å²) in [7, 11) is -3.76. The van der Waals surface area contributed by atoms with E-state index in [0.717, 1.165) is 30.8 Å². The van der Waals surface area contributed by atoms with E-state index in [4.69, 9.17) is 23.2 Å². The average Bonchev–Trinajstić information content (AvgIpc) is 3.17. The fourth-order valence-corrected chi connectivity index (χ4v) is 4.50. The maximum absolute atomic E-state index is 12.7. The lowest BCUT2D eigenvalue weighted by molar-refractivity contribution is 0.376. The first-order valence-corrected chi connectivity index (χ1v) is 9.42. The van der Waals surface area contributed by atoms with E-state index in [1.165, 1.54) is 22.3 Å². The number of halogens is 2. The molecular weight excluding hydrogens is 355 g/mol. The van der Waals surface area contributed by atoms with Crippen molar-refractivity contribution in [2.75, 3.05) is 19.6 Å². The summed E-state index contributed by atoms with van der Waals surface area (Å²) >= 11 is 11.9. The maximum Gasteiger partial charge on any atom is 0.269 e. The van der Waals surface area contributed by atoms with Gasteiger partial charge in [0.15, 0.2) is 0 Å². The molecule has 1 aromatic heterocycles. The van der Waals surface area contributed by atoms with Crippen LogP contribution >= 0.6 is 23.2 Å². The maximum atomic E-state index is 12.7. The van der Waals surface area contributed by atoms with Gasteiger partial charge < -0.3 is 0 Å². The largest absolute Gasteiger partial charge is 0.296 e. The van der Waals surface area contributed by atoms with Crippen molar-refractivity contribution < 1.29 is 8.42 Å². The zero-order valence-electron chi connectivity index (χ0n) is 12.5. The molecule has 1 aromatic carbocycles. The zero-order chi connectivity index (χ0) is 16.6. The number of hydrogen-bond donors (Lipinski definition) is 0. The van der Waals surface area contributed by atoms with E-state index in [9.17, 15) is 8.42 Å². The summed E-state index contributed by atoms with van der Waals surface area (Å²) in [6.45, 7) is 4.80. The van der Waals surface area contributed by atoms with E-state index >= 15 is 0 Å². The molecule has 2 aromatic rings. The number of benzene rings is 1. The van der Waals surface area contributed by atoms with Crippen molar-refractivity contribution in [3.8, 4) is 0 Å². The van der Waals surface area contributed by atoms with Crippen LogP contribution < -0.4 is 0 Å². The lowest BCUT2D eigenvalue weighted by Gasteiger charge is -2.11. The predicted octanol–water partition coefficient (Wildman–Crippen LogP) is 3.75. The van der Waals surface area contributed by atoms with Crippen LogP contribution in [0.4, 0.5) is 0 Å². The third-order valence-electron chi connectivity index (χ3n) is 3.92. The van der Waals surface area contributed by atoms with Crippen LogP contribution in [0.5, 0.6) is 0 Å². The summed E-state index contributed by atoms with van der Waals surface area (Å²) in [6.07, 6.45) is 5.29. The van der Waals surface area contributed by atoms with Gasteiger partial charge in [0, 0.05) is 30.5 Å². The van der Waals surface area contributed by atoms with E-state index in [1.807, 2.05) is 0 Å². The van der Waals surface area contributed by atoms with Gasteiger partial charge in [-0.15, -0.1) is 0 Å². The molecule has 7 heteroatoms. The Labute approximate surface area is 146 Å². The number of nitrogens with zero attached hydrogens (tertiary/aromatic N) is 2. The molecule has 0 bridgehead atoms. The Hall–Kier alpha value is -1.27. The molecule has 0 fully saturated rings. The molecule has 0 amide bonds. The Bertz CT molecular complexity index is 872. The number of likely N-dealkylation sites (N-methyl/N-ethyl adjacent to an activating group) is 1. The third-order valence-corrected chi connectivity index (χ3v) is 6.28. The molecule has 4 nitrogen and oxygen atoms in total. The van der Waals surface area contributed by atoms with E-state index in [0.29, 0.717) is 5.02 Å². The van der Waals surface area contributed by atoms with Gasteiger partial charge in [-0.25, -0.2) is 12.4 Å². The smallest absolute Gasteiger partial charge is 0.269 e. The van der Waals surface area contributed by atoms with Crippen LogP contribution in [0, 0.1) is 0 Å². The minimum atomic E-state index is -3.76. The zero-order valence-corrected chi connectivity index (χ0v) is 14.9. The second-order valence-electron chi connectivity index (χ2n) is 5.37. The molecule has 122 valence electrons. The summed E-state index contributed by atoms with van der Waals surface area (Å²) in [4.78, 5) is 2.28. The SMILES string of the molecule is CCN1CC=C(c2ccn(S(=O)(=O)c3cc(Cl)ccc3Cl)c2)C1. The number of hydrogen-bond acceptors (Lipinski definition) is 3. The molecule has 0 aliphatic carbocycles. The molecule has 0 saturated carbocycles. The van der Waals surface area contributed by atoms with E-state index < -0.39 is 10.0 Å². The highest BCUT2D eigenvalue weighted by molar-refractivity contribution is 7.90. The summed E-state index contributed by atoms with van der Waals surface area (Å²) in [5.74, 6) is 0. The molecule has 0 atom stereocenters. The Kier molecular flexibility index (Phi) is 4.56. The fraction of sp³-hybridized carbons (Fsp3) is 0.250. The molecule has 0 N–H and O–H groups in total. The van der Waals surface area contributed by atoms with Crippen LogP contribution in [0.1, 0.15) is 12.5 Å². The van der Waals surface area contributed by atoms with Crippen LogP contribution in [0.15, 0.2) is 47.6 Å². The quantitative estimate of drug-likeness (QED) is 0.822. The monoisotopic (exact) mass is 370 g/mol. The van der Waals surface area contributed by atoms with Gasteiger partial charge in [-0.1, -0.05) is 36.2 Å². The summed E-state index contributed by atoms with van der Waals surface area (Å²) in [6, 6.07) is 6.22. The normalized spacial score (nSPS) is 15.9. The molecule has 2 heterocycles. The first-order valence-electron chi connectivity index (χ1n) is 7.22. The summed E-state index contributed by atoms with van der Waals surface area (Å²) in [5, 5.41) is 0.485. The Morgan fingerprint density at radius 2 is 2.00 bits per heavy atom. The van der Waals surface area contributed by atoms with Gasteiger partial charge in [-0.3, -0.25) is 4.90 Å². The lowest BCUT2D eigenvalue weighted by Crippen LogP contribution is -2.19. The van der Waals surface area contributed by atoms with Gasteiger partial charge in [0.25, 0.3) is 10.0 Å². The van der Waals surface area contributed by atoms with Crippen LogP contribution in [-0.4, -0.2) is 36.9 Å². The van der Waals surface area contributed by atoms with Gasteiger partial charge in [-0.2, -0.15) is 0 Å². The van der Waals surface area contributed by atoms with Gasteiger partial charge in [0.2, 0.25) is 0 Å². The first-order chi connectivity index (χ1) is 10.9. The second-order valence-corrected chi connectivity index (χ2v) is 8.02. The van der Waals surface area contributed by atoms with Crippen LogP contribution in [0.3, 0.4) is 0 Å². The third kappa shape index (κ3) is 3.19. The topological polar surface area (TPSA) is 42.3 Å². The highest BCUT2D eigenvalue weighted by Gasteiger charge is 2.22. The molecular formula is C16H16Cl2N2O2S. The molecule has 0 unspecified atom stereocenters. The Morgan fingerprint density at radius 3 is 2.70 bits per heavy atom. The van der Waals surface area contributed by atoms with Crippen molar-refractivity contribution in [3.63, 3.8) is 0 Å². The van der Waals surface area contributed by atoms with E-state index in [1.54, 1.807) is 18.3 Å². The van der Waals surface area contributed by atoms with Crippen molar-refractivity contribution in [2.24, 2.45) is 0 Å². The summed E-state index contributed by atoms with van der Waals surface area (Å²) in [5.41, 5.74) is 2.04. The van der Waals surface area contributed by atoms with Crippen LogP contribution in [0.25, 0.3) is 5.57 Å². The number of aromatic nitrogens is 1. The second kappa shape index (κ2) is 6.32. The minimum absolute atomic E-state index is 0.00408. The van der Waals surface area contributed by atoms with Gasteiger partial charge >= 0.3 is 0 Å². The summed E-state index contributed by atoms with van der Waals surface area (Å²) < 4.78 is 26.7. The average molecular weight is 371 g/mol. The predicted molar refractivity (Wildman–Crippen MR) is 93.6 cm³/mol. The first kappa shape index (κ1) is 16.6. The van der Waals surface area contributed by atoms with E-state index in [-0.39, 0.29) is 9.92 Å². The Balaban J connectivity index is 1.95. The highest BCUT2D eigenvalue weighted by Crippen LogP contribution is 2.28. The molecule has 1 aliphatic rings. The standard InChI is InChI=1S/C16H16Cl2N2O2S/c1-2-19-7-5-12(10-19)13-6-8-20(11-13)23(21,22)16-9-14(17)3-4-15(16)18/h3-6,8-9,11H,2,7,10H2,1H3. The molecule has 23 heavy (non-hydrogen) atoms. The molecule has 0 saturated heterocycles. The van der Waals surface area contributed by atoms with Crippen molar-refractivity contribution in [1.29, 1.82) is 0 Å². The van der Waals surface area contributed by atoms with Crippen molar-refractivity contribution in [3.05, 3.63) is 58.3 Å². The van der Waals surface area contributed by atoms with Gasteiger partial charge in [0.05, 0.1) is 5.02 Å². The number of rotatable bonds is 4. The van der Waals surface area contributed by atoms with Crippen molar-refractivity contribution >= 4 is 38.8 Å². The van der Waals surface area contributed by atoms with Crippen molar-refractivity contribution in [2.45, 2.75) is 11.8 Å². The minimum Gasteiger partial charge on any atom is -0.296 e. The van der Waals surface area contributed by atoms with Crippen LogP contribution in [-0.2, 0) is 10.0 Å². The Morgan fingerprint density at radius 1 is 1.22 bits per heavy atom. The van der Waals surface area contributed by atoms with Crippen molar-refractivity contribution in [1.82, 2.24) is 8.87 Å². The molecule has 0 spiro atoms. The molecule has 3 rings (SSSR count). The van der Waals surface area contributed by atoms with E-state index in [2.05, 4.69) is 17.9 Å². The molecule has 0 radical (unpaired) electrons. The lowest BCUT2D eigenvalue weighted by atomic mass is 10.1. The fourth-order valence-electron chi connectivity index (χ4n) is 2.56.